The highest BCUT2D eigenvalue weighted by Gasteiger charge is 2.30. The number of H-pyrrole nitrogens is 1. The lowest BCUT2D eigenvalue weighted by Crippen LogP contribution is -2.51. The molecule has 0 unspecified atom stereocenters. The van der Waals surface area contributed by atoms with Crippen molar-refractivity contribution >= 4 is 26.6 Å². The second kappa shape index (κ2) is 9.78. The Morgan fingerprint density at radius 2 is 1.57 bits per heavy atom. The maximum absolute atomic E-state index is 12.7. The van der Waals surface area contributed by atoms with Gasteiger partial charge in [0.2, 0.25) is 0 Å². The van der Waals surface area contributed by atoms with Crippen molar-refractivity contribution in [2.75, 3.05) is 31.0 Å². The number of nitrogens with zero attached hydrogens (tertiary/aromatic N) is 1. The number of piperidine rings is 1. The summed E-state index contributed by atoms with van der Waals surface area (Å²) in [7, 11) is -3.87. The molecule has 0 atom stereocenters. The monoisotopic (exact) mass is 515 g/mol. The zero-order valence-electron chi connectivity index (χ0n) is 20.4. The number of fused-ring (bicyclic) bond motifs is 1. The van der Waals surface area contributed by atoms with Gasteiger partial charge in [0.15, 0.2) is 0 Å². The van der Waals surface area contributed by atoms with Crippen LogP contribution >= 0.6 is 0 Å². The zero-order chi connectivity index (χ0) is 25.4. The molecule has 2 N–H and O–H groups in total. The SMILES string of the molecule is O=c1[nH]c2ccc(-c3ccc(C4CCN(C5COC5)CC4)cc3)cc2cc1NS(=O)(=O)c1ccccc1. The maximum Gasteiger partial charge on any atom is 0.272 e. The average molecular weight is 516 g/mol. The number of aromatic amines is 1. The lowest BCUT2D eigenvalue weighted by Gasteiger charge is -2.41. The summed E-state index contributed by atoms with van der Waals surface area (Å²) in [6.45, 7) is 4.00. The van der Waals surface area contributed by atoms with Gasteiger partial charge in [-0.1, -0.05) is 48.5 Å². The summed E-state index contributed by atoms with van der Waals surface area (Å²) in [5, 5.41) is 0.749. The molecule has 4 aromatic rings. The van der Waals surface area contributed by atoms with Gasteiger partial charge >= 0.3 is 0 Å². The van der Waals surface area contributed by atoms with Gasteiger partial charge in [-0.15, -0.1) is 0 Å². The van der Waals surface area contributed by atoms with E-state index < -0.39 is 15.6 Å². The molecular weight excluding hydrogens is 486 g/mol. The molecule has 0 amide bonds. The molecule has 0 spiro atoms. The Morgan fingerprint density at radius 3 is 2.24 bits per heavy atom. The molecule has 0 aliphatic carbocycles. The Hall–Kier alpha value is -3.46. The number of hydrogen-bond donors (Lipinski definition) is 2. The van der Waals surface area contributed by atoms with Gasteiger partial charge in [-0.05, 0) is 78.9 Å². The molecule has 0 saturated carbocycles. The lowest BCUT2D eigenvalue weighted by atomic mass is 9.88. The van der Waals surface area contributed by atoms with Gasteiger partial charge in [-0.25, -0.2) is 8.42 Å². The molecule has 190 valence electrons. The molecule has 2 aliphatic heterocycles. The summed E-state index contributed by atoms with van der Waals surface area (Å²) < 4.78 is 33.3. The van der Waals surface area contributed by atoms with Gasteiger partial charge in [0.25, 0.3) is 15.6 Å². The van der Waals surface area contributed by atoms with Crippen LogP contribution in [0.1, 0.15) is 24.3 Å². The number of aromatic nitrogens is 1. The smallest absolute Gasteiger partial charge is 0.272 e. The van der Waals surface area contributed by atoms with E-state index in [0.29, 0.717) is 17.5 Å². The first kappa shape index (κ1) is 23.9. The van der Waals surface area contributed by atoms with E-state index in [1.165, 1.54) is 30.5 Å². The number of sulfonamides is 1. The molecular formula is C29H29N3O4S. The van der Waals surface area contributed by atoms with Crippen LogP contribution in [0.25, 0.3) is 22.0 Å². The number of likely N-dealkylation sites (tertiary alicyclic amines) is 1. The van der Waals surface area contributed by atoms with E-state index in [4.69, 9.17) is 4.74 Å². The summed E-state index contributed by atoms with van der Waals surface area (Å²) in [6, 6.07) is 24.7. The van der Waals surface area contributed by atoms with Crippen LogP contribution < -0.4 is 10.3 Å². The van der Waals surface area contributed by atoms with E-state index in [0.717, 1.165) is 42.8 Å². The molecule has 7 nitrogen and oxygen atoms in total. The predicted octanol–water partition coefficient (Wildman–Crippen LogP) is 4.57. The molecule has 2 saturated heterocycles. The van der Waals surface area contributed by atoms with Crippen LogP contribution in [-0.4, -0.2) is 50.6 Å². The van der Waals surface area contributed by atoms with Crippen LogP contribution in [0.3, 0.4) is 0 Å². The standard InChI is InChI=1S/C29H29N3O4S/c33-29-28(31-37(34,35)26-4-2-1-3-5-26)17-24-16-23(10-11-27(24)30-29)21-8-6-20(7-9-21)22-12-14-32(15-13-22)25-18-36-19-25/h1-11,16-17,22,25,31H,12-15,18-19H2,(H,30,33). The van der Waals surface area contributed by atoms with Crippen molar-refractivity contribution in [1.29, 1.82) is 0 Å². The van der Waals surface area contributed by atoms with Crippen molar-refractivity contribution in [2.24, 2.45) is 0 Å². The van der Waals surface area contributed by atoms with Crippen LogP contribution in [0.5, 0.6) is 0 Å². The molecule has 8 heteroatoms. The van der Waals surface area contributed by atoms with Crippen molar-refractivity contribution in [1.82, 2.24) is 9.88 Å². The minimum Gasteiger partial charge on any atom is -0.378 e. The first-order valence-electron chi connectivity index (χ1n) is 12.6. The Labute approximate surface area is 216 Å². The second-order valence-electron chi connectivity index (χ2n) is 9.86. The van der Waals surface area contributed by atoms with E-state index in [1.54, 1.807) is 24.3 Å². The number of anilines is 1. The minimum absolute atomic E-state index is 0.0105. The van der Waals surface area contributed by atoms with Crippen molar-refractivity contribution < 1.29 is 13.2 Å². The number of hydrogen-bond acceptors (Lipinski definition) is 5. The molecule has 6 rings (SSSR count). The van der Waals surface area contributed by atoms with Crippen LogP contribution in [-0.2, 0) is 14.8 Å². The predicted molar refractivity (Wildman–Crippen MR) is 145 cm³/mol. The number of ether oxygens (including phenoxy) is 1. The van der Waals surface area contributed by atoms with Gasteiger partial charge in [0.05, 0.1) is 24.2 Å². The molecule has 3 heterocycles. The molecule has 2 aliphatic rings. The Bertz CT molecular complexity index is 1570. The third-order valence-corrected chi connectivity index (χ3v) is 8.91. The third-order valence-electron chi connectivity index (χ3n) is 7.52. The number of benzene rings is 3. The van der Waals surface area contributed by atoms with Gasteiger partial charge in [-0.2, -0.15) is 0 Å². The fourth-order valence-corrected chi connectivity index (χ4v) is 6.32. The largest absolute Gasteiger partial charge is 0.378 e. The topological polar surface area (TPSA) is 91.5 Å². The fourth-order valence-electron chi connectivity index (χ4n) is 5.25. The van der Waals surface area contributed by atoms with Crippen molar-refractivity contribution in [3.8, 4) is 11.1 Å². The van der Waals surface area contributed by atoms with Crippen LogP contribution in [0.4, 0.5) is 5.69 Å². The maximum atomic E-state index is 12.7. The minimum atomic E-state index is -3.87. The normalized spacial score (nSPS) is 17.5. The number of nitrogens with one attached hydrogen (secondary N) is 2. The Balaban J connectivity index is 1.21. The third kappa shape index (κ3) is 4.92. The highest BCUT2D eigenvalue weighted by Crippen LogP contribution is 2.32. The second-order valence-corrected chi connectivity index (χ2v) is 11.5. The number of rotatable bonds is 6. The quantitative estimate of drug-likeness (QED) is 0.392. The highest BCUT2D eigenvalue weighted by atomic mass is 32.2. The average Bonchev–Trinajstić information content (AvgIpc) is 2.89. The summed E-state index contributed by atoms with van der Waals surface area (Å²) in [5.41, 5.74) is 3.60. The van der Waals surface area contributed by atoms with Crippen molar-refractivity contribution in [3.05, 3.63) is 94.8 Å². The van der Waals surface area contributed by atoms with Crippen LogP contribution in [0.15, 0.2) is 88.6 Å². The van der Waals surface area contributed by atoms with Gasteiger partial charge < -0.3 is 9.72 Å². The van der Waals surface area contributed by atoms with Gasteiger partial charge in [0, 0.05) is 10.9 Å². The highest BCUT2D eigenvalue weighted by molar-refractivity contribution is 7.92. The van der Waals surface area contributed by atoms with E-state index >= 15 is 0 Å². The zero-order valence-corrected chi connectivity index (χ0v) is 21.2. The molecule has 37 heavy (non-hydrogen) atoms. The van der Waals surface area contributed by atoms with E-state index in [2.05, 4.69) is 38.9 Å². The van der Waals surface area contributed by atoms with Crippen LogP contribution in [0, 0.1) is 0 Å². The van der Waals surface area contributed by atoms with E-state index in [-0.39, 0.29) is 10.6 Å². The molecule has 0 bridgehead atoms. The van der Waals surface area contributed by atoms with E-state index in [9.17, 15) is 13.2 Å². The molecule has 2 fully saturated rings. The Kier molecular flexibility index (Phi) is 6.32. The summed E-state index contributed by atoms with van der Waals surface area (Å²) in [5.74, 6) is 0.577. The fraction of sp³-hybridized carbons (Fsp3) is 0.276. The molecule has 1 aromatic heterocycles. The summed E-state index contributed by atoms with van der Waals surface area (Å²) >= 11 is 0. The van der Waals surface area contributed by atoms with Crippen LogP contribution in [0.2, 0.25) is 0 Å². The first-order chi connectivity index (χ1) is 18.0. The Morgan fingerprint density at radius 1 is 0.865 bits per heavy atom. The molecule has 3 aromatic carbocycles. The first-order valence-corrected chi connectivity index (χ1v) is 14.1. The summed E-state index contributed by atoms with van der Waals surface area (Å²) in [6.07, 6.45) is 2.34. The van der Waals surface area contributed by atoms with Gasteiger partial charge in [0.1, 0.15) is 5.69 Å². The van der Waals surface area contributed by atoms with Gasteiger partial charge in [-0.3, -0.25) is 14.4 Å². The van der Waals surface area contributed by atoms with E-state index in [1.807, 2.05) is 18.2 Å². The summed E-state index contributed by atoms with van der Waals surface area (Å²) in [4.78, 5) is 18.0. The lowest BCUT2D eigenvalue weighted by molar-refractivity contribution is -0.0712. The van der Waals surface area contributed by atoms with Crippen molar-refractivity contribution in [3.63, 3.8) is 0 Å². The van der Waals surface area contributed by atoms with Crippen molar-refractivity contribution in [2.45, 2.75) is 29.7 Å². The molecule has 0 radical (unpaired) electrons. The number of pyridine rings is 1.